The number of likely N-dealkylation sites (tertiary alicyclic amines) is 1. The number of carbonyl (C=O) groups excluding carboxylic acids is 1. The number of primary amides is 1. The van der Waals surface area contributed by atoms with Crippen LogP contribution in [0.25, 0.3) is 0 Å². The third-order valence-corrected chi connectivity index (χ3v) is 3.86. The van der Waals surface area contributed by atoms with E-state index in [9.17, 15) is 9.18 Å². The van der Waals surface area contributed by atoms with Gasteiger partial charge in [-0.15, -0.1) is 0 Å². The standard InChI is InChI=1S/C15H14FN5O2/c16-11-4-3-9(7-17)6-10(11)8-21-5-1-2-12(21)15-19-14(13(18)22)20-23-15/h3-4,6,12H,1-2,5,8H2,(H2,18,22). The molecule has 3 rings (SSSR count). The number of nitrogens with two attached hydrogens (primary N) is 1. The fourth-order valence-electron chi connectivity index (χ4n) is 2.75. The fourth-order valence-corrected chi connectivity index (χ4v) is 2.75. The summed E-state index contributed by atoms with van der Waals surface area (Å²) < 4.78 is 19.1. The van der Waals surface area contributed by atoms with Crippen molar-refractivity contribution >= 4 is 5.91 Å². The van der Waals surface area contributed by atoms with Gasteiger partial charge in [0.15, 0.2) is 0 Å². The quantitative estimate of drug-likeness (QED) is 0.916. The van der Waals surface area contributed by atoms with Crippen molar-refractivity contribution in [2.24, 2.45) is 5.73 Å². The molecule has 1 unspecified atom stereocenters. The number of aromatic nitrogens is 2. The Hall–Kier alpha value is -2.79. The first-order valence-corrected chi connectivity index (χ1v) is 7.14. The van der Waals surface area contributed by atoms with Crippen LogP contribution in [-0.4, -0.2) is 27.5 Å². The maximum Gasteiger partial charge on any atom is 0.290 e. The minimum atomic E-state index is -0.752. The molecule has 23 heavy (non-hydrogen) atoms. The molecular formula is C15H14FN5O2. The fraction of sp³-hybridized carbons (Fsp3) is 0.333. The zero-order chi connectivity index (χ0) is 16.4. The summed E-state index contributed by atoms with van der Waals surface area (Å²) in [6.45, 7) is 1.05. The highest BCUT2D eigenvalue weighted by Crippen LogP contribution is 2.32. The highest BCUT2D eigenvalue weighted by molar-refractivity contribution is 5.88. The monoisotopic (exact) mass is 315 g/mol. The average Bonchev–Trinajstić information content (AvgIpc) is 3.18. The van der Waals surface area contributed by atoms with E-state index in [-0.39, 0.29) is 17.7 Å². The minimum absolute atomic E-state index is 0.162. The van der Waals surface area contributed by atoms with E-state index < -0.39 is 5.91 Å². The molecule has 1 fully saturated rings. The van der Waals surface area contributed by atoms with E-state index in [0.717, 1.165) is 19.4 Å². The van der Waals surface area contributed by atoms with Gasteiger partial charge in [0.2, 0.25) is 5.89 Å². The Morgan fingerprint density at radius 2 is 2.39 bits per heavy atom. The van der Waals surface area contributed by atoms with Gasteiger partial charge >= 0.3 is 0 Å². The molecule has 1 amide bonds. The molecule has 0 aliphatic carbocycles. The van der Waals surface area contributed by atoms with Gasteiger partial charge in [0.25, 0.3) is 11.7 Å². The van der Waals surface area contributed by atoms with E-state index in [4.69, 9.17) is 15.5 Å². The predicted molar refractivity (Wildman–Crippen MR) is 76.3 cm³/mol. The molecule has 7 nitrogen and oxygen atoms in total. The number of carbonyl (C=O) groups is 1. The average molecular weight is 315 g/mol. The Balaban J connectivity index is 1.82. The van der Waals surface area contributed by atoms with Crippen molar-refractivity contribution in [2.75, 3.05) is 6.54 Å². The third-order valence-electron chi connectivity index (χ3n) is 3.86. The lowest BCUT2D eigenvalue weighted by atomic mass is 10.1. The van der Waals surface area contributed by atoms with Crippen LogP contribution in [0, 0.1) is 17.1 Å². The van der Waals surface area contributed by atoms with Crippen LogP contribution in [0.3, 0.4) is 0 Å². The number of nitrogens with zero attached hydrogens (tertiary/aromatic N) is 4. The molecular weight excluding hydrogens is 301 g/mol. The summed E-state index contributed by atoms with van der Waals surface area (Å²) in [5.41, 5.74) is 5.96. The first-order chi connectivity index (χ1) is 11.1. The lowest BCUT2D eigenvalue weighted by Gasteiger charge is -2.21. The second kappa shape index (κ2) is 6.14. The highest BCUT2D eigenvalue weighted by Gasteiger charge is 2.31. The van der Waals surface area contributed by atoms with Crippen LogP contribution in [0.5, 0.6) is 0 Å². The van der Waals surface area contributed by atoms with Gasteiger partial charge in [-0.2, -0.15) is 10.2 Å². The molecule has 0 spiro atoms. The Morgan fingerprint density at radius 1 is 1.57 bits per heavy atom. The zero-order valence-electron chi connectivity index (χ0n) is 12.2. The van der Waals surface area contributed by atoms with Crippen molar-refractivity contribution < 1.29 is 13.7 Å². The summed E-state index contributed by atoms with van der Waals surface area (Å²) in [7, 11) is 0. The van der Waals surface area contributed by atoms with E-state index >= 15 is 0 Å². The lowest BCUT2D eigenvalue weighted by molar-refractivity contribution is 0.0987. The molecule has 1 saturated heterocycles. The third kappa shape index (κ3) is 3.05. The molecule has 1 aromatic carbocycles. The van der Waals surface area contributed by atoms with Gasteiger partial charge in [0.05, 0.1) is 17.7 Å². The van der Waals surface area contributed by atoms with E-state index in [0.29, 0.717) is 23.6 Å². The summed E-state index contributed by atoms with van der Waals surface area (Å²) in [5.74, 6) is -0.979. The molecule has 118 valence electrons. The smallest absolute Gasteiger partial charge is 0.290 e. The number of amides is 1. The number of hydrogen-bond acceptors (Lipinski definition) is 6. The van der Waals surface area contributed by atoms with Crippen LogP contribution in [0.2, 0.25) is 0 Å². The molecule has 2 aromatic rings. The number of rotatable bonds is 4. The Bertz CT molecular complexity index is 782. The molecule has 2 N–H and O–H groups in total. The summed E-state index contributed by atoms with van der Waals surface area (Å²) in [6, 6.07) is 6.07. The molecule has 1 atom stereocenters. The molecule has 0 saturated carbocycles. The Labute approximate surface area is 131 Å². The summed E-state index contributed by atoms with van der Waals surface area (Å²) in [4.78, 5) is 17.0. The Morgan fingerprint density at radius 3 is 3.09 bits per heavy atom. The second-order valence-corrected chi connectivity index (χ2v) is 5.37. The number of nitriles is 1. The van der Waals surface area contributed by atoms with E-state index in [1.807, 2.05) is 11.0 Å². The van der Waals surface area contributed by atoms with Gasteiger partial charge in [-0.05, 0) is 37.6 Å². The van der Waals surface area contributed by atoms with Crippen molar-refractivity contribution in [3.05, 3.63) is 46.9 Å². The summed E-state index contributed by atoms with van der Waals surface area (Å²) in [5, 5.41) is 12.5. The van der Waals surface area contributed by atoms with Crippen molar-refractivity contribution in [3.63, 3.8) is 0 Å². The van der Waals surface area contributed by atoms with Gasteiger partial charge in [-0.3, -0.25) is 9.69 Å². The van der Waals surface area contributed by atoms with Crippen molar-refractivity contribution in [3.8, 4) is 6.07 Å². The van der Waals surface area contributed by atoms with Gasteiger partial charge in [0, 0.05) is 12.1 Å². The van der Waals surface area contributed by atoms with E-state index in [1.54, 1.807) is 0 Å². The number of halogens is 1. The van der Waals surface area contributed by atoms with Crippen LogP contribution in [0.4, 0.5) is 4.39 Å². The SMILES string of the molecule is N#Cc1ccc(F)c(CN2CCCC2c2nc(C(N)=O)no2)c1. The number of hydrogen-bond donors (Lipinski definition) is 1. The van der Waals surface area contributed by atoms with Crippen molar-refractivity contribution in [1.82, 2.24) is 15.0 Å². The molecule has 0 radical (unpaired) electrons. The Kier molecular flexibility index (Phi) is 4.04. The molecule has 1 aromatic heterocycles. The predicted octanol–water partition coefficient (Wildman–Crippen LogP) is 1.52. The second-order valence-electron chi connectivity index (χ2n) is 5.37. The maximum absolute atomic E-state index is 14.0. The molecule has 8 heteroatoms. The zero-order valence-corrected chi connectivity index (χ0v) is 12.2. The van der Waals surface area contributed by atoms with Crippen molar-refractivity contribution in [2.45, 2.75) is 25.4 Å². The highest BCUT2D eigenvalue weighted by atomic mass is 19.1. The maximum atomic E-state index is 14.0. The minimum Gasteiger partial charge on any atom is -0.363 e. The lowest BCUT2D eigenvalue weighted by Crippen LogP contribution is -2.24. The molecule has 1 aliphatic heterocycles. The van der Waals surface area contributed by atoms with Gasteiger partial charge in [-0.25, -0.2) is 4.39 Å². The van der Waals surface area contributed by atoms with Crippen LogP contribution in [-0.2, 0) is 6.54 Å². The van der Waals surface area contributed by atoms with Crippen LogP contribution in [0.15, 0.2) is 22.7 Å². The summed E-state index contributed by atoms with van der Waals surface area (Å²) >= 11 is 0. The van der Waals surface area contributed by atoms with E-state index in [2.05, 4.69) is 10.1 Å². The molecule has 2 heterocycles. The van der Waals surface area contributed by atoms with Crippen molar-refractivity contribution in [1.29, 1.82) is 5.26 Å². The van der Waals surface area contributed by atoms with Crippen LogP contribution < -0.4 is 5.73 Å². The van der Waals surface area contributed by atoms with Gasteiger partial charge in [0.1, 0.15) is 5.82 Å². The topological polar surface area (TPSA) is 109 Å². The van der Waals surface area contributed by atoms with Gasteiger partial charge in [-0.1, -0.05) is 5.16 Å². The van der Waals surface area contributed by atoms with E-state index in [1.165, 1.54) is 18.2 Å². The first-order valence-electron chi connectivity index (χ1n) is 7.14. The summed E-state index contributed by atoms with van der Waals surface area (Å²) in [6.07, 6.45) is 1.65. The molecule has 0 bridgehead atoms. The van der Waals surface area contributed by atoms with Gasteiger partial charge < -0.3 is 10.3 Å². The number of benzene rings is 1. The van der Waals surface area contributed by atoms with Crippen LogP contribution >= 0.6 is 0 Å². The molecule has 1 aliphatic rings. The normalized spacial score (nSPS) is 18.0. The van der Waals surface area contributed by atoms with Crippen LogP contribution in [0.1, 0.15) is 46.5 Å². The largest absolute Gasteiger partial charge is 0.363 e. The first kappa shape index (κ1) is 15.1.